The number of hydrogen-bond donors (Lipinski definition) is 0. The van der Waals surface area contributed by atoms with Gasteiger partial charge in [0.25, 0.3) is 10.0 Å². The largest absolute Gasteiger partial charge is 0.265 e. The van der Waals surface area contributed by atoms with E-state index in [1.165, 1.54) is 43.3 Å². The maximum Gasteiger partial charge on any atom is 0.265 e. The number of benzene rings is 3. The third-order valence-corrected chi connectivity index (χ3v) is 6.52. The van der Waals surface area contributed by atoms with Crippen LogP contribution < -0.4 is 4.31 Å². The summed E-state index contributed by atoms with van der Waals surface area (Å²) < 4.78 is 69.5. The first-order valence-corrected chi connectivity index (χ1v) is 9.96. The van der Waals surface area contributed by atoms with E-state index in [4.69, 9.17) is 0 Å². The molecule has 146 valence electrons. The van der Waals surface area contributed by atoms with E-state index in [-0.39, 0.29) is 16.1 Å². The van der Waals surface area contributed by atoms with Crippen LogP contribution in [0.1, 0.15) is 24.1 Å². The van der Waals surface area contributed by atoms with Crippen LogP contribution in [0, 0.1) is 24.4 Å². The average molecular weight is 405 g/mol. The van der Waals surface area contributed by atoms with Crippen LogP contribution in [0.25, 0.3) is 0 Å². The standard InChI is InChI=1S/C21H18F3NO2S/c1-14-7-8-17(23)13-21(14)28(26,27)25(18-11-9-16(22)10-12-18)15(2)19-5-3-4-6-20(19)24/h3-13,15H,1-2H3. The van der Waals surface area contributed by atoms with E-state index in [0.717, 1.165) is 28.6 Å². The van der Waals surface area contributed by atoms with Gasteiger partial charge in [0.1, 0.15) is 17.5 Å². The molecule has 7 heteroatoms. The number of hydrogen-bond acceptors (Lipinski definition) is 2. The van der Waals surface area contributed by atoms with E-state index in [1.54, 1.807) is 13.0 Å². The van der Waals surface area contributed by atoms with E-state index in [0.29, 0.717) is 5.56 Å². The maximum absolute atomic E-state index is 14.4. The molecule has 0 saturated heterocycles. The molecule has 28 heavy (non-hydrogen) atoms. The molecule has 0 aliphatic carbocycles. The SMILES string of the molecule is Cc1ccc(F)cc1S(=O)(=O)N(c1ccc(F)cc1)C(C)c1ccccc1F. The van der Waals surface area contributed by atoms with E-state index < -0.39 is 33.5 Å². The summed E-state index contributed by atoms with van der Waals surface area (Å²) in [7, 11) is -4.28. The van der Waals surface area contributed by atoms with Crippen LogP contribution in [0.2, 0.25) is 0 Å². The molecule has 0 heterocycles. The second-order valence-corrected chi connectivity index (χ2v) is 8.17. The molecule has 0 aromatic heterocycles. The first-order valence-electron chi connectivity index (χ1n) is 8.52. The Bertz CT molecular complexity index is 1100. The molecule has 0 aliphatic rings. The fourth-order valence-corrected chi connectivity index (χ4v) is 4.93. The Morgan fingerprint density at radius 3 is 2.11 bits per heavy atom. The monoisotopic (exact) mass is 405 g/mol. The van der Waals surface area contributed by atoms with E-state index >= 15 is 0 Å². The summed E-state index contributed by atoms with van der Waals surface area (Å²) in [5.74, 6) is -1.82. The van der Waals surface area contributed by atoms with Gasteiger partial charge in [-0.05, 0) is 61.9 Å². The molecule has 3 aromatic rings. The highest BCUT2D eigenvalue weighted by Gasteiger charge is 2.33. The molecule has 0 bridgehead atoms. The third-order valence-electron chi connectivity index (χ3n) is 4.48. The zero-order chi connectivity index (χ0) is 20.5. The van der Waals surface area contributed by atoms with Crippen LogP contribution in [-0.2, 0) is 10.0 Å². The smallest absolute Gasteiger partial charge is 0.259 e. The lowest BCUT2D eigenvalue weighted by Crippen LogP contribution is -2.34. The highest BCUT2D eigenvalue weighted by molar-refractivity contribution is 7.92. The highest BCUT2D eigenvalue weighted by atomic mass is 32.2. The molecular weight excluding hydrogens is 387 g/mol. The molecule has 0 amide bonds. The van der Waals surface area contributed by atoms with Crippen molar-refractivity contribution in [2.24, 2.45) is 0 Å². The Hall–Kier alpha value is -2.80. The van der Waals surface area contributed by atoms with Gasteiger partial charge in [0.05, 0.1) is 16.6 Å². The molecule has 3 nitrogen and oxygen atoms in total. The molecule has 0 saturated carbocycles. The van der Waals surface area contributed by atoms with Crippen LogP contribution >= 0.6 is 0 Å². The van der Waals surface area contributed by atoms with Crippen LogP contribution in [0.5, 0.6) is 0 Å². The van der Waals surface area contributed by atoms with Crippen molar-refractivity contribution in [2.75, 3.05) is 4.31 Å². The molecule has 0 spiro atoms. The van der Waals surface area contributed by atoms with Gasteiger partial charge in [0, 0.05) is 5.56 Å². The average Bonchev–Trinajstić information content (AvgIpc) is 2.65. The number of rotatable bonds is 5. The third kappa shape index (κ3) is 3.75. The summed E-state index contributed by atoms with van der Waals surface area (Å²) in [6.45, 7) is 3.07. The number of anilines is 1. The topological polar surface area (TPSA) is 37.4 Å². The van der Waals surface area contributed by atoms with Gasteiger partial charge in [0.2, 0.25) is 0 Å². The molecule has 0 fully saturated rings. The summed E-state index contributed by atoms with van der Waals surface area (Å²) in [5.41, 5.74) is 0.625. The fourth-order valence-electron chi connectivity index (χ4n) is 3.06. The van der Waals surface area contributed by atoms with E-state index in [9.17, 15) is 21.6 Å². The Labute approximate surface area is 162 Å². The summed E-state index contributed by atoms with van der Waals surface area (Å²) in [4.78, 5) is -0.236. The zero-order valence-corrected chi connectivity index (χ0v) is 16.1. The molecule has 1 atom stereocenters. The zero-order valence-electron chi connectivity index (χ0n) is 15.2. The van der Waals surface area contributed by atoms with Crippen molar-refractivity contribution in [1.29, 1.82) is 0 Å². The predicted molar refractivity (Wildman–Crippen MR) is 102 cm³/mol. The van der Waals surface area contributed by atoms with Crippen LogP contribution in [0.15, 0.2) is 71.6 Å². The van der Waals surface area contributed by atoms with Gasteiger partial charge in [0.15, 0.2) is 0 Å². The minimum Gasteiger partial charge on any atom is -0.259 e. The van der Waals surface area contributed by atoms with Gasteiger partial charge in [-0.3, -0.25) is 4.31 Å². The maximum atomic E-state index is 14.4. The number of nitrogens with zero attached hydrogens (tertiary/aromatic N) is 1. The quantitative estimate of drug-likeness (QED) is 0.572. The van der Waals surface area contributed by atoms with Gasteiger partial charge >= 0.3 is 0 Å². The van der Waals surface area contributed by atoms with Crippen molar-refractivity contribution < 1.29 is 21.6 Å². The minimum atomic E-state index is -4.28. The van der Waals surface area contributed by atoms with Crippen molar-refractivity contribution in [2.45, 2.75) is 24.8 Å². The number of aryl methyl sites for hydroxylation is 1. The minimum absolute atomic E-state index is 0.140. The van der Waals surface area contributed by atoms with Crippen molar-refractivity contribution >= 4 is 15.7 Å². The van der Waals surface area contributed by atoms with Crippen LogP contribution in [-0.4, -0.2) is 8.42 Å². The van der Waals surface area contributed by atoms with Gasteiger partial charge in [-0.1, -0.05) is 24.3 Å². The van der Waals surface area contributed by atoms with Gasteiger partial charge in [-0.25, -0.2) is 21.6 Å². The first-order chi connectivity index (χ1) is 13.2. The van der Waals surface area contributed by atoms with E-state index in [1.807, 2.05) is 0 Å². The lowest BCUT2D eigenvalue weighted by Gasteiger charge is -2.31. The number of sulfonamides is 1. The van der Waals surface area contributed by atoms with E-state index in [2.05, 4.69) is 0 Å². The fraction of sp³-hybridized carbons (Fsp3) is 0.143. The van der Waals surface area contributed by atoms with Gasteiger partial charge in [-0.2, -0.15) is 0 Å². The lowest BCUT2D eigenvalue weighted by atomic mass is 10.1. The first kappa shape index (κ1) is 19.9. The molecule has 0 aliphatic heterocycles. The van der Waals surface area contributed by atoms with Gasteiger partial charge < -0.3 is 0 Å². The molecule has 0 radical (unpaired) electrons. The molecular formula is C21H18F3NO2S. The van der Waals surface area contributed by atoms with Crippen molar-refractivity contribution in [3.05, 3.63) is 95.3 Å². The van der Waals surface area contributed by atoms with Crippen LogP contribution in [0.4, 0.5) is 18.9 Å². The molecule has 1 unspecified atom stereocenters. The predicted octanol–water partition coefficient (Wildman–Crippen LogP) is 5.37. The van der Waals surface area contributed by atoms with Crippen LogP contribution in [0.3, 0.4) is 0 Å². The lowest BCUT2D eigenvalue weighted by molar-refractivity contribution is 0.566. The summed E-state index contributed by atoms with van der Waals surface area (Å²) >= 11 is 0. The van der Waals surface area contributed by atoms with Crippen molar-refractivity contribution in [3.63, 3.8) is 0 Å². The Morgan fingerprint density at radius 2 is 1.46 bits per heavy atom. The van der Waals surface area contributed by atoms with Crippen molar-refractivity contribution in [3.8, 4) is 0 Å². The highest BCUT2D eigenvalue weighted by Crippen LogP contribution is 2.35. The van der Waals surface area contributed by atoms with Crippen molar-refractivity contribution in [1.82, 2.24) is 0 Å². The Morgan fingerprint density at radius 1 is 0.857 bits per heavy atom. The normalized spacial score (nSPS) is 12.6. The second kappa shape index (κ2) is 7.67. The van der Waals surface area contributed by atoms with Gasteiger partial charge in [-0.15, -0.1) is 0 Å². The Balaban J connectivity index is 2.23. The Kier molecular flexibility index (Phi) is 5.47. The summed E-state index contributed by atoms with van der Waals surface area (Å²) in [6, 6.07) is 13.1. The summed E-state index contributed by atoms with van der Waals surface area (Å²) in [6.07, 6.45) is 0. The molecule has 3 aromatic carbocycles. The summed E-state index contributed by atoms with van der Waals surface area (Å²) in [5, 5.41) is 0. The molecule has 0 N–H and O–H groups in total. The number of halogens is 3. The molecule has 3 rings (SSSR count). The second-order valence-electron chi connectivity index (χ2n) is 6.38.